The third-order valence-electron chi connectivity index (χ3n) is 9.23. The van der Waals surface area contributed by atoms with Crippen molar-refractivity contribution in [3.05, 3.63) is 62.6 Å². The monoisotopic (exact) mass is 644 g/mol. The highest BCUT2D eigenvalue weighted by atomic mass is 79.9. The predicted octanol–water partition coefficient (Wildman–Crippen LogP) is 5.00. The number of methoxy groups -OCH3 is 1. The zero-order valence-corrected chi connectivity index (χ0v) is 26.3. The molecule has 0 bridgehead atoms. The molecule has 0 spiro atoms. The van der Waals surface area contributed by atoms with Crippen LogP contribution < -0.4 is 10.1 Å². The number of carbonyl (C=O) groups excluding carboxylic acids is 3. The maximum absolute atomic E-state index is 13.3. The summed E-state index contributed by atoms with van der Waals surface area (Å²) < 4.78 is 6.23. The van der Waals surface area contributed by atoms with Crippen molar-refractivity contribution in [3.63, 3.8) is 0 Å². The van der Waals surface area contributed by atoms with Gasteiger partial charge in [0.1, 0.15) is 11.3 Å². The maximum Gasteiger partial charge on any atom is 0.254 e. The van der Waals surface area contributed by atoms with E-state index in [0.29, 0.717) is 42.1 Å². The molecule has 10 heteroatoms. The molecule has 0 radical (unpaired) electrons. The SMILES string of the molecule is CNC(=O)C1(N2CCCCC2=O)CCN(CCC(c2ccc(Br)c(Cl)c2)C2c3ccc(OC)cc3C(=O)N2C)CC1. The number of hydrogen-bond donors (Lipinski definition) is 1. The second-order valence-corrected chi connectivity index (χ2v) is 12.6. The molecule has 2 unspecified atom stereocenters. The number of hydrogen-bond acceptors (Lipinski definition) is 5. The zero-order chi connectivity index (χ0) is 29.3. The highest BCUT2D eigenvalue weighted by Crippen LogP contribution is 2.46. The van der Waals surface area contributed by atoms with Gasteiger partial charge in [0.2, 0.25) is 11.8 Å². The molecule has 3 heterocycles. The van der Waals surface area contributed by atoms with Gasteiger partial charge in [0.25, 0.3) is 5.91 Å². The first-order valence-electron chi connectivity index (χ1n) is 14.3. The van der Waals surface area contributed by atoms with Crippen LogP contribution in [0.25, 0.3) is 0 Å². The van der Waals surface area contributed by atoms with Crippen molar-refractivity contribution in [3.8, 4) is 5.75 Å². The maximum atomic E-state index is 13.3. The van der Waals surface area contributed by atoms with Crippen LogP contribution in [-0.2, 0) is 9.59 Å². The van der Waals surface area contributed by atoms with Gasteiger partial charge in [0, 0.05) is 56.1 Å². The van der Waals surface area contributed by atoms with Crippen molar-refractivity contribution in [1.82, 2.24) is 20.0 Å². The number of likely N-dealkylation sites (tertiary alicyclic amines) is 2. The van der Waals surface area contributed by atoms with Crippen molar-refractivity contribution in [1.29, 1.82) is 0 Å². The van der Waals surface area contributed by atoms with Gasteiger partial charge in [-0.3, -0.25) is 14.4 Å². The van der Waals surface area contributed by atoms with E-state index in [2.05, 4.69) is 32.2 Å². The lowest BCUT2D eigenvalue weighted by Crippen LogP contribution is -2.65. The molecule has 0 aliphatic carbocycles. The standard InChI is InChI=1S/C31H38BrClN4O4/c1-34-30(40)31(37-14-5-4-6-27(37)38)12-16-36(17-13-31)15-11-22(20-7-10-25(32)26(33)18-20)28-23-9-8-21(41-3)19-24(23)29(39)35(28)2/h7-10,18-19,22,28H,4-6,11-17H2,1-3H3,(H,34,40). The molecule has 5 rings (SSSR count). The molecular weight excluding hydrogens is 608 g/mol. The van der Waals surface area contributed by atoms with Crippen molar-refractivity contribution in [2.45, 2.75) is 56.0 Å². The smallest absolute Gasteiger partial charge is 0.254 e. The molecule has 3 aliphatic rings. The van der Waals surface area contributed by atoms with Gasteiger partial charge in [-0.15, -0.1) is 0 Å². The van der Waals surface area contributed by atoms with Gasteiger partial charge in [-0.25, -0.2) is 0 Å². The van der Waals surface area contributed by atoms with Crippen LogP contribution in [0.1, 0.15) is 72.0 Å². The Labute approximate surface area is 255 Å². The predicted molar refractivity (Wildman–Crippen MR) is 162 cm³/mol. The number of fused-ring (bicyclic) bond motifs is 1. The van der Waals surface area contributed by atoms with Crippen LogP contribution in [0.2, 0.25) is 5.02 Å². The van der Waals surface area contributed by atoms with Crippen LogP contribution in [0.3, 0.4) is 0 Å². The Bertz CT molecular complexity index is 1330. The van der Waals surface area contributed by atoms with Gasteiger partial charge >= 0.3 is 0 Å². The lowest BCUT2D eigenvalue weighted by Gasteiger charge is -2.48. The first-order valence-corrected chi connectivity index (χ1v) is 15.5. The second kappa shape index (κ2) is 12.3. The van der Waals surface area contributed by atoms with Crippen LogP contribution in [0, 0.1) is 0 Å². The number of amides is 3. The molecule has 2 saturated heterocycles. The Balaban J connectivity index is 1.38. The summed E-state index contributed by atoms with van der Waals surface area (Å²) in [4.78, 5) is 45.4. The number of carbonyl (C=O) groups is 3. The van der Waals surface area contributed by atoms with E-state index in [9.17, 15) is 14.4 Å². The first kappa shape index (κ1) is 29.9. The normalized spacial score (nSPS) is 21.5. The topological polar surface area (TPSA) is 82.2 Å². The summed E-state index contributed by atoms with van der Waals surface area (Å²) in [7, 11) is 5.13. The average molecular weight is 646 g/mol. The molecule has 0 aromatic heterocycles. The lowest BCUT2D eigenvalue weighted by molar-refractivity contribution is -0.153. The Morgan fingerprint density at radius 3 is 2.56 bits per heavy atom. The summed E-state index contributed by atoms with van der Waals surface area (Å²) in [6.45, 7) is 2.88. The number of halogens is 2. The van der Waals surface area contributed by atoms with Crippen LogP contribution >= 0.6 is 27.5 Å². The molecule has 3 aliphatic heterocycles. The molecule has 0 saturated carbocycles. The fourth-order valence-corrected chi connectivity index (χ4v) is 7.38. The Morgan fingerprint density at radius 2 is 1.90 bits per heavy atom. The molecular formula is C31H38BrClN4O4. The molecule has 3 amide bonds. The number of nitrogens with one attached hydrogen (secondary N) is 1. The molecule has 2 aromatic rings. The van der Waals surface area contributed by atoms with Crippen molar-refractivity contribution >= 4 is 45.3 Å². The fraction of sp³-hybridized carbons (Fsp3) is 0.516. The number of ether oxygens (including phenoxy) is 1. The van der Waals surface area contributed by atoms with Crippen LogP contribution in [0.4, 0.5) is 0 Å². The highest BCUT2D eigenvalue weighted by Gasteiger charge is 2.48. The summed E-state index contributed by atoms with van der Waals surface area (Å²) in [5.41, 5.74) is 1.95. The molecule has 41 heavy (non-hydrogen) atoms. The van der Waals surface area contributed by atoms with E-state index in [1.54, 1.807) is 14.2 Å². The van der Waals surface area contributed by atoms with Gasteiger partial charge in [-0.05, 0) is 90.0 Å². The molecule has 2 aromatic carbocycles. The summed E-state index contributed by atoms with van der Waals surface area (Å²) in [6.07, 6.45) is 4.35. The second-order valence-electron chi connectivity index (χ2n) is 11.3. The number of rotatable bonds is 8. The van der Waals surface area contributed by atoms with Gasteiger partial charge < -0.3 is 24.8 Å². The first-order chi connectivity index (χ1) is 19.7. The average Bonchev–Trinajstić information content (AvgIpc) is 3.23. The minimum absolute atomic E-state index is 0.00140. The largest absolute Gasteiger partial charge is 0.497 e. The molecule has 2 fully saturated rings. The van der Waals surface area contributed by atoms with E-state index in [-0.39, 0.29) is 29.7 Å². The minimum atomic E-state index is -0.780. The third kappa shape index (κ3) is 5.60. The molecule has 2 atom stereocenters. The van der Waals surface area contributed by atoms with Crippen molar-refractivity contribution < 1.29 is 19.1 Å². The Morgan fingerprint density at radius 1 is 1.15 bits per heavy atom. The Hall–Kier alpha value is -2.62. The summed E-state index contributed by atoms with van der Waals surface area (Å²) in [5, 5.41) is 3.47. The number of benzene rings is 2. The van der Waals surface area contributed by atoms with E-state index in [1.807, 2.05) is 47.2 Å². The van der Waals surface area contributed by atoms with E-state index in [1.165, 1.54) is 0 Å². The van der Waals surface area contributed by atoms with Crippen molar-refractivity contribution in [2.24, 2.45) is 0 Å². The van der Waals surface area contributed by atoms with Gasteiger partial charge in [-0.2, -0.15) is 0 Å². The van der Waals surface area contributed by atoms with Gasteiger partial charge in [0.15, 0.2) is 0 Å². The number of likely N-dealkylation sites (N-methyl/N-ethyl adjacent to an activating group) is 2. The Kier molecular flexibility index (Phi) is 8.97. The van der Waals surface area contributed by atoms with Crippen LogP contribution in [-0.4, -0.2) is 85.3 Å². The number of piperidine rings is 2. The van der Waals surface area contributed by atoms with Gasteiger partial charge in [0.05, 0.1) is 18.2 Å². The van der Waals surface area contributed by atoms with E-state index >= 15 is 0 Å². The molecule has 8 nitrogen and oxygen atoms in total. The number of nitrogens with zero attached hydrogens (tertiary/aromatic N) is 3. The van der Waals surface area contributed by atoms with E-state index < -0.39 is 5.54 Å². The quantitative estimate of drug-likeness (QED) is 0.437. The van der Waals surface area contributed by atoms with Crippen LogP contribution in [0.15, 0.2) is 40.9 Å². The lowest BCUT2D eigenvalue weighted by atomic mass is 9.82. The molecule has 220 valence electrons. The summed E-state index contributed by atoms with van der Waals surface area (Å²) in [5.74, 6) is 0.669. The van der Waals surface area contributed by atoms with Crippen molar-refractivity contribution in [2.75, 3.05) is 47.4 Å². The molecule has 1 N–H and O–H groups in total. The van der Waals surface area contributed by atoms with E-state index in [0.717, 1.165) is 54.5 Å². The van der Waals surface area contributed by atoms with Gasteiger partial charge in [-0.1, -0.05) is 23.7 Å². The third-order valence-corrected chi connectivity index (χ3v) is 10.5. The zero-order valence-electron chi connectivity index (χ0n) is 23.9. The highest BCUT2D eigenvalue weighted by molar-refractivity contribution is 9.10. The summed E-state index contributed by atoms with van der Waals surface area (Å²) in [6, 6.07) is 11.6. The van der Waals surface area contributed by atoms with E-state index in [4.69, 9.17) is 16.3 Å². The van der Waals surface area contributed by atoms with Crippen LogP contribution in [0.5, 0.6) is 5.75 Å². The minimum Gasteiger partial charge on any atom is -0.497 e. The fourth-order valence-electron chi connectivity index (χ4n) is 6.95. The summed E-state index contributed by atoms with van der Waals surface area (Å²) >= 11 is 10.1.